The Kier molecular flexibility index (Phi) is 5.59. The molecule has 2 fully saturated rings. The molecule has 2 aliphatic rings. The van der Waals surface area contributed by atoms with E-state index >= 15 is 0 Å². The third-order valence-corrected chi connectivity index (χ3v) is 6.43. The van der Waals surface area contributed by atoms with Crippen LogP contribution in [0.2, 0.25) is 0 Å². The van der Waals surface area contributed by atoms with Crippen molar-refractivity contribution >= 4 is 16.2 Å². The van der Waals surface area contributed by atoms with Crippen molar-refractivity contribution < 1.29 is 18.3 Å². The summed E-state index contributed by atoms with van der Waals surface area (Å²) in [6.07, 6.45) is 2.75. The Bertz CT molecular complexity index is 458. The molecule has 0 aromatic heterocycles. The molecular formula is C13H25N3O4S. The number of nitrogens with zero attached hydrogens (tertiary/aromatic N) is 2. The van der Waals surface area contributed by atoms with Gasteiger partial charge in [-0.05, 0) is 45.2 Å². The largest absolute Gasteiger partial charge is 0.481 e. The topological polar surface area (TPSA) is 90.0 Å². The van der Waals surface area contributed by atoms with E-state index in [-0.39, 0.29) is 0 Å². The molecule has 0 bridgehead atoms. The molecule has 2 rings (SSSR count). The highest BCUT2D eigenvalue weighted by molar-refractivity contribution is 7.86. The first-order chi connectivity index (χ1) is 9.95. The van der Waals surface area contributed by atoms with Gasteiger partial charge in [0.15, 0.2) is 0 Å². The third-order valence-electron chi connectivity index (χ3n) is 4.43. The number of rotatable bonds is 5. The van der Waals surface area contributed by atoms with Crippen LogP contribution in [0.1, 0.15) is 25.7 Å². The van der Waals surface area contributed by atoms with Crippen molar-refractivity contribution in [3.8, 4) is 0 Å². The maximum absolute atomic E-state index is 12.7. The Labute approximate surface area is 126 Å². The van der Waals surface area contributed by atoms with Crippen molar-refractivity contribution in [3.05, 3.63) is 0 Å². The van der Waals surface area contributed by atoms with Gasteiger partial charge in [0.1, 0.15) is 0 Å². The monoisotopic (exact) mass is 319 g/mol. The summed E-state index contributed by atoms with van der Waals surface area (Å²) < 4.78 is 28.3. The number of aliphatic carboxylic acids is 1. The van der Waals surface area contributed by atoms with Crippen LogP contribution in [0.25, 0.3) is 0 Å². The molecule has 0 aromatic rings. The van der Waals surface area contributed by atoms with E-state index in [0.29, 0.717) is 44.9 Å². The van der Waals surface area contributed by atoms with Crippen molar-refractivity contribution in [2.24, 2.45) is 11.8 Å². The lowest BCUT2D eigenvalue weighted by Gasteiger charge is -2.37. The van der Waals surface area contributed by atoms with E-state index in [1.54, 1.807) is 4.31 Å². The number of piperidine rings is 2. The van der Waals surface area contributed by atoms with Gasteiger partial charge in [0.2, 0.25) is 0 Å². The fraction of sp³-hybridized carbons (Fsp3) is 0.923. The second-order valence-electron chi connectivity index (χ2n) is 5.94. The molecule has 21 heavy (non-hydrogen) atoms. The molecule has 122 valence electrons. The van der Waals surface area contributed by atoms with E-state index in [1.807, 2.05) is 7.05 Å². The quantitative estimate of drug-likeness (QED) is 0.742. The lowest BCUT2D eigenvalue weighted by molar-refractivity contribution is -0.142. The van der Waals surface area contributed by atoms with Crippen LogP contribution >= 0.6 is 0 Å². The highest BCUT2D eigenvalue weighted by Crippen LogP contribution is 2.25. The number of hydrogen-bond donors (Lipinski definition) is 2. The smallest absolute Gasteiger partial charge is 0.306 e. The van der Waals surface area contributed by atoms with Crippen LogP contribution in [-0.2, 0) is 15.0 Å². The number of carbonyl (C=O) groups is 1. The Balaban J connectivity index is 1.97. The van der Waals surface area contributed by atoms with Crippen LogP contribution in [0.4, 0.5) is 0 Å². The molecule has 0 amide bonds. The van der Waals surface area contributed by atoms with E-state index in [9.17, 15) is 13.2 Å². The lowest BCUT2D eigenvalue weighted by Crippen LogP contribution is -2.51. The molecule has 1 atom stereocenters. The van der Waals surface area contributed by atoms with E-state index in [1.165, 1.54) is 4.31 Å². The molecule has 2 N–H and O–H groups in total. The minimum Gasteiger partial charge on any atom is -0.481 e. The summed E-state index contributed by atoms with van der Waals surface area (Å²) in [4.78, 5) is 10.9. The molecular weight excluding hydrogens is 294 g/mol. The second kappa shape index (κ2) is 7.04. The zero-order valence-corrected chi connectivity index (χ0v) is 13.3. The predicted octanol–water partition coefficient (Wildman–Crippen LogP) is -0.0408. The Morgan fingerprint density at radius 1 is 1.19 bits per heavy atom. The number of nitrogens with one attached hydrogen (secondary N) is 1. The van der Waals surface area contributed by atoms with Gasteiger partial charge in [-0.3, -0.25) is 4.79 Å². The van der Waals surface area contributed by atoms with Crippen LogP contribution in [0.3, 0.4) is 0 Å². The first-order valence-electron chi connectivity index (χ1n) is 7.57. The molecule has 0 aliphatic carbocycles. The summed E-state index contributed by atoms with van der Waals surface area (Å²) >= 11 is 0. The molecule has 2 saturated heterocycles. The minimum atomic E-state index is -3.44. The fourth-order valence-electron chi connectivity index (χ4n) is 3.19. The minimum absolute atomic E-state index is 0.312. The summed E-state index contributed by atoms with van der Waals surface area (Å²) in [5, 5.41) is 12.1. The van der Waals surface area contributed by atoms with Crippen LogP contribution in [0.15, 0.2) is 0 Å². The predicted molar refractivity (Wildman–Crippen MR) is 79.1 cm³/mol. The zero-order valence-electron chi connectivity index (χ0n) is 12.5. The van der Waals surface area contributed by atoms with E-state index in [0.717, 1.165) is 19.4 Å². The summed E-state index contributed by atoms with van der Waals surface area (Å²) in [6.45, 7) is 2.58. The summed E-state index contributed by atoms with van der Waals surface area (Å²) in [5.74, 6) is -0.871. The Morgan fingerprint density at radius 2 is 1.86 bits per heavy atom. The fourth-order valence-corrected chi connectivity index (χ4v) is 4.95. The maximum atomic E-state index is 12.7. The number of hydrogen-bond acceptors (Lipinski definition) is 4. The highest BCUT2D eigenvalue weighted by Gasteiger charge is 2.36. The third kappa shape index (κ3) is 3.94. The van der Waals surface area contributed by atoms with Crippen LogP contribution in [-0.4, -0.2) is 67.9 Å². The van der Waals surface area contributed by atoms with Crippen molar-refractivity contribution in [2.45, 2.75) is 25.7 Å². The highest BCUT2D eigenvalue weighted by atomic mass is 32.2. The first-order valence-corrected chi connectivity index (χ1v) is 8.97. The van der Waals surface area contributed by atoms with Crippen molar-refractivity contribution in [1.29, 1.82) is 0 Å². The molecule has 0 aromatic carbocycles. The molecule has 8 heteroatoms. The van der Waals surface area contributed by atoms with Gasteiger partial charge in [0, 0.05) is 26.2 Å². The van der Waals surface area contributed by atoms with Crippen LogP contribution < -0.4 is 5.32 Å². The molecule has 2 heterocycles. The van der Waals surface area contributed by atoms with Gasteiger partial charge < -0.3 is 10.4 Å². The van der Waals surface area contributed by atoms with Gasteiger partial charge in [0.25, 0.3) is 10.2 Å². The maximum Gasteiger partial charge on any atom is 0.306 e. The van der Waals surface area contributed by atoms with Crippen molar-refractivity contribution in [2.75, 3.05) is 39.8 Å². The summed E-state index contributed by atoms with van der Waals surface area (Å²) in [6, 6.07) is 0. The molecule has 0 spiro atoms. The standard InChI is InChI=1S/C13H25N3O4S/c1-14-9-11-3-2-6-16(10-11)21(19,20)15-7-4-12(5-8-15)13(17)18/h11-12,14H,2-10H2,1H3,(H,17,18). The van der Waals surface area contributed by atoms with Crippen LogP contribution in [0, 0.1) is 11.8 Å². The number of carboxylic acid groups (broad SMARTS) is 1. The van der Waals surface area contributed by atoms with Crippen molar-refractivity contribution in [3.63, 3.8) is 0 Å². The van der Waals surface area contributed by atoms with Gasteiger partial charge in [-0.15, -0.1) is 0 Å². The SMILES string of the molecule is CNCC1CCCN(S(=O)(=O)N2CCC(C(=O)O)CC2)C1. The van der Waals surface area contributed by atoms with Gasteiger partial charge in [-0.1, -0.05) is 0 Å². The van der Waals surface area contributed by atoms with Crippen LogP contribution in [0.5, 0.6) is 0 Å². The van der Waals surface area contributed by atoms with Gasteiger partial charge in [-0.25, -0.2) is 0 Å². The average molecular weight is 319 g/mol. The molecule has 0 saturated carbocycles. The summed E-state index contributed by atoms with van der Waals surface area (Å²) in [5.41, 5.74) is 0. The van der Waals surface area contributed by atoms with E-state index in [2.05, 4.69) is 5.32 Å². The molecule has 0 radical (unpaired) electrons. The lowest BCUT2D eigenvalue weighted by atomic mass is 9.99. The van der Waals surface area contributed by atoms with Gasteiger partial charge in [-0.2, -0.15) is 17.0 Å². The Morgan fingerprint density at radius 3 is 2.43 bits per heavy atom. The summed E-state index contributed by atoms with van der Waals surface area (Å²) in [7, 11) is -1.56. The molecule has 2 aliphatic heterocycles. The zero-order chi connectivity index (χ0) is 15.5. The van der Waals surface area contributed by atoms with E-state index < -0.39 is 22.1 Å². The normalized spacial score (nSPS) is 26.8. The Hall–Kier alpha value is -0.700. The average Bonchev–Trinajstić information content (AvgIpc) is 2.48. The van der Waals surface area contributed by atoms with Gasteiger partial charge >= 0.3 is 5.97 Å². The number of carboxylic acids is 1. The van der Waals surface area contributed by atoms with E-state index in [4.69, 9.17) is 5.11 Å². The molecule has 7 nitrogen and oxygen atoms in total. The molecule has 1 unspecified atom stereocenters. The van der Waals surface area contributed by atoms with Gasteiger partial charge in [0.05, 0.1) is 5.92 Å². The first kappa shape index (κ1) is 16.7. The second-order valence-corrected chi connectivity index (χ2v) is 7.87. The van der Waals surface area contributed by atoms with Crippen molar-refractivity contribution in [1.82, 2.24) is 13.9 Å².